The molecule has 0 aliphatic heterocycles. The quantitative estimate of drug-likeness (QED) is 0.821. The van der Waals surface area contributed by atoms with Crippen LogP contribution in [0.15, 0.2) is 54.6 Å². The highest BCUT2D eigenvalue weighted by Gasteiger charge is 2.05. The number of nitrogens with zero attached hydrogens (tertiary/aromatic N) is 1. The third-order valence-electron chi connectivity index (χ3n) is 3.40. The molecule has 0 spiro atoms. The molecule has 0 aliphatic carbocycles. The van der Waals surface area contributed by atoms with Crippen LogP contribution in [0, 0.1) is 0 Å². The molecule has 0 atom stereocenters. The standard InChI is InChI=1S/C18H23N3O/c1-3-21(13-12-19-16-8-5-4-6-9-16)18-11-7-10-17(14-18)20-15(2)22/h4-11,14,19H,3,12-13H2,1-2H3,(H,20,22). The van der Waals surface area contributed by atoms with Gasteiger partial charge in [-0.3, -0.25) is 4.79 Å². The van der Waals surface area contributed by atoms with Crippen LogP contribution in [0.1, 0.15) is 13.8 Å². The second kappa shape index (κ2) is 8.08. The summed E-state index contributed by atoms with van der Waals surface area (Å²) in [7, 11) is 0. The third kappa shape index (κ3) is 4.81. The molecule has 116 valence electrons. The first kappa shape index (κ1) is 15.9. The van der Waals surface area contributed by atoms with Crippen molar-refractivity contribution in [3.63, 3.8) is 0 Å². The molecule has 0 fully saturated rings. The Morgan fingerprint density at radius 2 is 1.77 bits per heavy atom. The highest BCUT2D eigenvalue weighted by atomic mass is 16.1. The van der Waals surface area contributed by atoms with Crippen molar-refractivity contribution in [3.8, 4) is 0 Å². The summed E-state index contributed by atoms with van der Waals surface area (Å²) in [5, 5.41) is 6.24. The van der Waals surface area contributed by atoms with Gasteiger partial charge in [-0.1, -0.05) is 24.3 Å². The minimum absolute atomic E-state index is 0.0501. The highest BCUT2D eigenvalue weighted by Crippen LogP contribution is 2.19. The van der Waals surface area contributed by atoms with Gasteiger partial charge in [0.05, 0.1) is 0 Å². The van der Waals surface area contributed by atoms with E-state index in [-0.39, 0.29) is 5.91 Å². The summed E-state index contributed by atoms with van der Waals surface area (Å²) in [5.41, 5.74) is 3.08. The molecule has 2 rings (SSSR count). The predicted molar refractivity (Wildman–Crippen MR) is 93.6 cm³/mol. The number of hydrogen-bond acceptors (Lipinski definition) is 3. The molecule has 0 unspecified atom stereocenters. The van der Waals surface area contributed by atoms with Crippen LogP contribution in [0.5, 0.6) is 0 Å². The molecule has 0 saturated heterocycles. The predicted octanol–water partition coefficient (Wildman–Crippen LogP) is 3.58. The van der Waals surface area contributed by atoms with Gasteiger partial charge >= 0.3 is 0 Å². The van der Waals surface area contributed by atoms with Gasteiger partial charge < -0.3 is 15.5 Å². The number of rotatable bonds is 7. The van der Waals surface area contributed by atoms with Crippen molar-refractivity contribution in [1.29, 1.82) is 0 Å². The van der Waals surface area contributed by atoms with Crippen LogP contribution in [0.25, 0.3) is 0 Å². The van der Waals surface area contributed by atoms with Gasteiger partial charge in [0.1, 0.15) is 0 Å². The van der Waals surface area contributed by atoms with E-state index in [1.807, 2.05) is 36.4 Å². The van der Waals surface area contributed by atoms with E-state index in [1.54, 1.807) is 0 Å². The normalized spacial score (nSPS) is 10.1. The SMILES string of the molecule is CCN(CCNc1ccccc1)c1cccc(NC(C)=O)c1. The summed E-state index contributed by atoms with van der Waals surface area (Å²) in [6.07, 6.45) is 0. The molecule has 0 aromatic heterocycles. The smallest absolute Gasteiger partial charge is 0.221 e. The van der Waals surface area contributed by atoms with Crippen molar-refractivity contribution in [1.82, 2.24) is 0 Å². The van der Waals surface area contributed by atoms with Crippen molar-refractivity contribution >= 4 is 23.0 Å². The minimum atomic E-state index is -0.0501. The van der Waals surface area contributed by atoms with Gasteiger partial charge in [-0.2, -0.15) is 0 Å². The van der Waals surface area contributed by atoms with E-state index in [4.69, 9.17) is 0 Å². The number of para-hydroxylation sites is 1. The fraction of sp³-hybridized carbons (Fsp3) is 0.278. The first-order chi connectivity index (χ1) is 10.7. The van der Waals surface area contributed by atoms with Crippen LogP contribution in [-0.2, 0) is 4.79 Å². The molecule has 2 aromatic carbocycles. The van der Waals surface area contributed by atoms with E-state index in [0.717, 1.165) is 36.7 Å². The maximum Gasteiger partial charge on any atom is 0.221 e. The maximum atomic E-state index is 11.2. The van der Waals surface area contributed by atoms with E-state index in [2.05, 4.69) is 40.7 Å². The van der Waals surface area contributed by atoms with Crippen LogP contribution < -0.4 is 15.5 Å². The summed E-state index contributed by atoms with van der Waals surface area (Å²) < 4.78 is 0. The molecule has 0 bridgehead atoms. The van der Waals surface area contributed by atoms with E-state index < -0.39 is 0 Å². The number of carbonyl (C=O) groups excluding carboxylic acids is 1. The van der Waals surface area contributed by atoms with Gasteiger partial charge in [0.2, 0.25) is 5.91 Å². The van der Waals surface area contributed by atoms with E-state index in [1.165, 1.54) is 6.92 Å². The first-order valence-electron chi connectivity index (χ1n) is 7.60. The average Bonchev–Trinajstić information content (AvgIpc) is 2.52. The number of nitrogens with one attached hydrogen (secondary N) is 2. The molecule has 0 aliphatic rings. The lowest BCUT2D eigenvalue weighted by molar-refractivity contribution is -0.114. The zero-order valence-electron chi connectivity index (χ0n) is 13.2. The highest BCUT2D eigenvalue weighted by molar-refractivity contribution is 5.89. The second-order valence-corrected chi connectivity index (χ2v) is 5.10. The Labute approximate surface area is 132 Å². The van der Waals surface area contributed by atoms with Crippen LogP contribution in [0.2, 0.25) is 0 Å². The Kier molecular flexibility index (Phi) is 5.83. The zero-order valence-corrected chi connectivity index (χ0v) is 13.2. The van der Waals surface area contributed by atoms with Crippen LogP contribution in [-0.4, -0.2) is 25.5 Å². The van der Waals surface area contributed by atoms with Gasteiger partial charge in [0.15, 0.2) is 0 Å². The number of amides is 1. The Morgan fingerprint density at radius 3 is 2.45 bits per heavy atom. The summed E-state index contributed by atoms with van der Waals surface area (Å²) in [6, 6.07) is 18.1. The van der Waals surface area contributed by atoms with Gasteiger partial charge in [-0.25, -0.2) is 0 Å². The number of likely N-dealkylation sites (N-methyl/N-ethyl adjacent to an activating group) is 1. The average molecular weight is 297 g/mol. The third-order valence-corrected chi connectivity index (χ3v) is 3.40. The van der Waals surface area contributed by atoms with E-state index in [9.17, 15) is 4.79 Å². The fourth-order valence-electron chi connectivity index (χ4n) is 2.34. The van der Waals surface area contributed by atoms with Gasteiger partial charge in [0, 0.05) is 43.6 Å². The lowest BCUT2D eigenvalue weighted by Crippen LogP contribution is -2.28. The Morgan fingerprint density at radius 1 is 1.05 bits per heavy atom. The first-order valence-corrected chi connectivity index (χ1v) is 7.60. The van der Waals surface area contributed by atoms with Crippen LogP contribution in [0.4, 0.5) is 17.1 Å². The van der Waals surface area contributed by atoms with Gasteiger partial charge in [-0.15, -0.1) is 0 Å². The Hall–Kier alpha value is -2.49. The van der Waals surface area contributed by atoms with Gasteiger partial charge in [-0.05, 0) is 37.3 Å². The topological polar surface area (TPSA) is 44.4 Å². The monoisotopic (exact) mass is 297 g/mol. The minimum Gasteiger partial charge on any atom is -0.383 e. The molecule has 4 nitrogen and oxygen atoms in total. The molecule has 2 N–H and O–H groups in total. The van der Waals surface area contributed by atoms with Crippen molar-refractivity contribution < 1.29 is 4.79 Å². The van der Waals surface area contributed by atoms with Crippen LogP contribution in [0.3, 0.4) is 0 Å². The number of anilines is 3. The largest absolute Gasteiger partial charge is 0.383 e. The van der Waals surface area contributed by atoms with Crippen LogP contribution >= 0.6 is 0 Å². The van der Waals surface area contributed by atoms with E-state index >= 15 is 0 Å². The molecule has 0 heterocycles. The lowest BCUT2D eigenvalue weighted by Gasteiger charge is -2.24. The zero-order chi connectivity index (χ0) is 15.8. The Balaban J connectivity index is 1.94. The molecular formula is C18H23N3O. The molecule has 4 heteroatoms. The summed E-state index contributed by atoms with van der Waals surface area (Å²) in [4.78, 5) is 13.4. The van der Waals surface area contributed by atoms with E-state index in [0.29, 0.717) is 0 Å². The van der Waals surface area contributed by atoms with Gasteiger partial charge in [0.25, 0.3) is 0 Å². The second-order valence-electron chi connectivity index (χ2n) is 5.10. The molecular weight excluding hydrogens is 274 g/mol. The fourth-order valence-corrected chi connectivity index (χ4v) is 2.34. The van der Waals surface area contributed by atoms with Crippen molar-refractivity contribution in [2.75, 3.05) is 35.2 Å². The molecule has 22 heavy (non-hydrogen) atoms. The molecule has 0 radical (unpaired) electrons. The summed E-state index contributed by atoms with van der Waals surface area (Å²) in [6.45, 7) is 6.33. The lowest BCUT2D eigenvalue weighted by atomic mass is 10.2. The summed E-state index contributed by atoms with van der Waals surface area (Å²) in [5.74, 6) is -0.0501. The Bertz CT molecular complexity index is 598. The number of benzene rings is 2. The molecule has 1 amide bonds. The maximum absolute atomic E-state index is 11.2. The summed E-state index contributed by atoms with van der Waals surface area (Å²) >= 11 is 0. The molecule has 0 saturated carbocycles. The molecule has 2 aromatic rings. The number of carbonyl (C=O) groups is 1. The van der Waals surface area contributed by atoms with Crippen molar-refractivity contribution in [2.45, 2.75) is 13.8 Å². The van der Waals surface area contributed by atoms with Crippen molar-refractivity contribution in [2.24, 2.45) is 0 Å². The number of hydrogen-bond donors (Lipinski definition) is 2. The van der Waals surface area contributed by atoms with Crippen molar-refractivity contribution in [3.05, 3.63) is 54.6 Å².